The number of carbonyl (C=O) groups excluding carboxylic acids is 1. The van der Waals surface area contributed by atoms with E-state index in [4.69, 9.17) is 6.42 Å². The number of rotatable bonds is 8. The molecule has 0 spiro atoms. The number of piperidine rings is 1. The first-order chi connectivity index (χ1) is 10.6. The predicted molar refractivity (Wildman–Crippen MR) is 87.3 cm³/mol. The lowest BCUT2D eigenvalue weighted by Crippen LogP contribution is -2.50. The molecule has 0 bridgehead atoms. The summed E-state index contributed by atoms with van der Waals surface area (Å²) in [6, 6.07) is 0.0332. The van der Waals surface area contributed by atoms with E-state index >= 15 is 0 Å². The van der Waals surface area contributed by atoms with Crippen LogP contribution in [0.25, 0.3) is 0 Å². The Morgan fingerprint density at radius 3 is 2.82 bits per heavy atom. The molecule has 5 heteroatoms. The SMILES string of the molecule is C#CCCC1(CCNC(=O)C2CCCCN2CC(C)C)N=N1. The van der Waals surface area contributed by atoms with Gasteiger partial charge in [-0.1, -0.05) is 20.3 Å². The molecule has 1 atom stereocenters. The van der Waals surface area contributed by atoms with Crippen LogP contribution < -0.4 is 5.32 Å². The average Bonchev–Trinajstić information content (AvgIpc) is 3.25. The van der Waals surface area contributed by atoms with Crippen LogP contribution in [0.15, 0.2) is 10.2 Å². The number of carbonyl (C=O) groups is 1. The van der Waals surface area contributed by atoms with E-state index in [1.165, 1.54) is 6.42 Å². The van der Waals surface area contributed by atoms with Gasteiger partial charge in [0, 0.05) is 32.4 Å². The third-order valence-corrected chi connectivity index (χ3v) is 4.39. The van der Waals surface area contributed by atoms with Gasteiger partial charge in [-0.05, 0) is 25.3 Å². The van der Waals surface area contributed by atoms with Crippen LogP contribution in [0, 0.1) is 18.3 Å². The summed E-state index contributed by atoms with van der Waals surface area (Å²) in [4.78, 5) is 14.8. The monoisotopic (exact) mass is 304 g/mol. The molecule has 1 amide bonds. The summed E-state index contributed by atoms with van der Waals surface area (Å²) in [5.74, 6) is 3.37. The first-order valence-corrected chi connectivity index (χ1v) is 8.45. The van der Waals surface area contributed by atoms with E-state index in [-0.39, 0.29) is 17.6 Å². The fourth-order valence-electron chi connectivity index (χ4n) is 3.15. The Morgan fingerprint density at radius 1 is 1.41 bits per heavy atom. The van der Waals surface area contributed by atoms with Crippen molar-refractivity contribution in [1.82, 2.24) is 10.2 Å². The summed E-state index contributed by atoms with van der Waals surface area (Å²) in [6.45, 7) is 7.06. The standard InChI is InChI=1S/C17H28N4O/c1-4-5-9-17(19-20-17)10-11-18-16(22)15-8-6-7-12-21(15)13-14(2)3/h1,14-15H,5-13H2,2-3H3,(H,18,22). The molecule has 0 aliphatic carbocycles. The lowest BCUT2D eigenvalue weighted by Gasteiger charge is -2.35. The van der Waals surface area contributed by atoms with E-state index < -0.39 is 0 Å². The maximum atomic E-state index is 12.5. The van der Waals surface area contributed by atoms with Gasteiger partial charge in [-0.3, -0.25) is 9.69 Å². The number of hydrogen-bond donors (Lipinski definition) is 1. The van der Waals surface area contributed by atoms with E-state index in [1.807, 2.05) is 0 Å². The first kappa shape index (κ1) is 17.0. The van der Waals surface area contributed by atoms with E-state index in [0.29, 0.717) is 18.9 Å². The Kier molecular flexibility index (Phi) is 5.96. The number of nitrogens with zero attached hydrogens (tertiary/aromatic N) is 3. The molecule has 2 rings (SSSR count). The number of terminal acetylenes is 1. The molecule has 2 aliphatic heterocycles. The maximum Gasteiger partial charge on any atom is 0.237 e. The minimum atomic E-state index is -0.302. The molecular weight excluding hydrogens is 276 g/mol. The Hall–Kier alpha value is -1.41. The number of hydrogen-bond acceptors (Lipinski definition) is 4. The Balaban J connectivity index is 1.75. The molecule has 5 nitrogen and oxygen atoms in total. The fraction of sp³-hybridized carbons (Fsp3) is 0.824. The molecule has 2 aliphatic rings. The zero-order valence-corrected chi connectivity index (χ0v) is 13.8. The second-order valence-corrected chi connectivity index (χ2v) is 6.83. The van der Waals surface area contributed by atoms with Crippen LogP contribution >= 0.6 is 0 Å². The molecule has 0 saturated carbocycles. The molecule has 0 aromatic carbocycles. The number of amides is 1. The Bertz CT molecular complexity index is 446. The molecular formula is C17H28N4O. The lowest BCUT2D eigenvalue weighted by atomic mass is 9.99. The van der Waals surface area contributed by atoms with Gasteiger partial charge in [0.05, 0.1) is 6.04 Å². The summed E-state index contributed by atoms with van der Waals surface area (Å²) in [5, 5.41) is 11.3. The van der Waals surface area contributed by atoms with Crippen LogP contribution in [-0.4, -0.2) is 42.1 Å². The van der Waals surface area contributed by atoms with Crippen molar-refractivity contribution in [2.75, 3.05) is 19.6 Å². The normalized spacial score (nSPS) is 23.3. The van der Waals surface area contributed by atoms with Gasteiger partial charge in [-0.2, -0.15) is 10.2 Å². The Morgan fingerprint density at radius 2 is 2.18 bits per heavy atom. The molecule has 1 N–H and O–H groups in total. The van der Waals surface area contributed by atoms with Gasteiger partial charge in [0.15, 0.2) is 5.66 Å². The van der Waals surface area contributed by atoms with Crippen molar-refractivity contribution >= 4 is 5.91 Å². The van der Waals surface area contributed by atoms with E-state index in [1.54, 1.807) is 0 Å². The minimum absolute atomic E-state index is 0.0332. The predicted octanol–water partition coefficient (Wildman–Crippen LogP) is 2.58. The highest BCUT2D eigenvalue weighted by Gasteiger charge is 2.39. The minimum Gasteiger partial charge on any atom is -0.355 e. The van der Waals surface area contributed by atoms with Gasteiger partial charge >= 0.3 is 0 Å². The third-order valence-electron chi connectivity index (χ3n) is 4.39. The van der Waals surface area contributed by atoms with Gasteiger partial charge in [-0.25, -0.2) is 0 Å². The second kappa shape index (κ2) is 7.73. The van der Waals surface area contributed by atoms with Crippen LogP contribution in [0.4, 0.5) is 0 Å². The van der Waals surface area contributed by atoms with Gasteiger partial charge in [0.2, 0.25) is 5.91 Å². The molecule has 22 heavy (non-hydrogen) atoms. The zero-order valence-electron chi connectivity index (χ0n) is 13.8. The molecule has 2 heterocycles. The largest absolute Gasteiger partial charge is 0.355 e. The van der Waals surface area contributed by atoms with Gasteiger partial charge in [0.1, 0.15) is 0 Å². The number of nitrogens with one attached hydrogen (secondary N) is 1. The first-order valence-electron chi connectivity index (χ1n) is 8.45. The third kappa shape index (κ3) is 4.81. The van der Waals surface area contributed by atoms with Crippen molar-refractivity contribution < 1.29 is 4.79 Å². The lowest BCUT2D eigenvalue weighted by molar-refractivity contribution is -0.127. The highest BCUT2D eigenvalue weighted by Crippen LogP contribution is 2.36. The summed E-state index contributed by atoms with van der Waals surface area (Å²) < 4.78 is 0. The van der Waals surface area contributed by atoms with Crippen molar-refractivity contribution in [3.8, 4) is 12.3 Å². The summed E-state index contributed by atoms with van der Waals surface area (Å²) in [5.41, 5.74) is -0.302. The highest BCUT2D eigenvalue weighted by atomic mass is 16.2. The molecule has 122 valence electrons. The Labute approximate surface area is 133 Å². The molecule has 0 aromatic rings. The average molecular weight is 304 g/mol. The molecule has 0 radical (unpaired) electrons. The van der Waals surface area contributed by atoms with E-state index in [2.05, 4.69) is 40.2 Å². The van der Waals surface area contributed by atoms with Crippen LogP contribution in [0.5, 0.6) is 0 Å². The molecule has 1 saturated heterocycles. The summed E-state index contributed by atoms with van der Waals surface area (Å²) >= 11 is 0. The fourth-order valence-corrected chi connectivity index (χ4v) is 3.15. The second-order valence-electron chi connectivity index (χ2n) is 6.83. The van der Waals surface area contributed by atoms with Gasteiger partial charge in [0.25, 0.3) is 0 Å². The van der Waals surface area contributed by atoms with Gasteiger partial charge in [-0.15, -0.1) is 12.3 Å². The van der Waals surface area contributed by atoms with Crippen LogP contribution in [0.3, 0.4) is 0 Å². The van der Waals surface area contributed by atoms with Crippen molar-refractivity contribution in [3.05, 3.63) is 0 Å². The highest BCUT2D eigenvalue weighted by molar-refractivity contribution is 5.81. The molecule has 0 aromatic heterocycles. The van der Waals surface area contributed by atoms with Gasteiger partial charge < -0.3 is 5.32 Å². The van der Waals surface area contributed by atoms with Crippen molar-refractivity contribution in [2.45, 2.75) is 64.1 Å². The topological polar surface area (TPSA) is 57.1 Å². The van der Waals surface area contributed by atoms with Crippen LogP contribution in [-0.2, 0) is 4.79 Å². The number of likely N-dealkylation sites (tertiary alicyclic amines) is 1. The van der Waals surface area contributed by atoms with Crippen molar-refractivity contribution in [1.29, 1.82) is 0 Å². The summed E-state index contributed by atoms with van der Waals surface area (Å²) in [6.07, 6.45) is 10.8. The van der Waals surface area contributed by atoms with Crippen LogP contribution in [0.2, 0.25) is 0 Å². The van der Waals surface area contributed by atoms with E-state index in [0.717, 1.165) is 38.8 Å². The smallest absolute Gasteiger partial charge is 0.237 e. The van der Waals surface area contributed by atoms with Crippen molar-refractivity contribution in [3.63, 3.8) is 0 Å². The zero-order chi connectivity index (χ0) is 16.0. The maximum absolute atomic E-state index is 12.5. The van der Waals surface area contributed by atoms with E-state index in [9.17, 15) is 4.79 Å². The molecule has 1 fully saturated rings. The quantitative estimate of drug-likeness (QED) is 0.701. The summed E-state index contributed by atoms with van der Waals surface area (Å²) in [7, 11) is 0. The molecule has 1 unspecified atom stereocenters. The van der Waals surface area contributed by atoms with Crippen LogP contribution in [0.1, 0.15) is 52.4 Å². The van der Waals surface area contributed by atoms with Crippen molar-refractivity contribution in [2.24, 2.45) is 16.1 Å².